The molecule has 1 saturated heterocycles. The van der Waals surface area contributed by atoms with Gasteiger partial charge in [-0.15, -0.1) is 11.3 Å². The van der Waals surface area contributed by atoms with E-state index in [4.69, 9.17) is 4.98 Å². The van der Waals surface area contributed by atoms with E-state index >= 15 is 0 Å². The highest BCUT2D eigenvalue weighted by molar-refractivity contribution is 7.13. The summed E-state index contributed by atoms with van der Waals surface area (Å²) >= 11 is 1.72. The Balaban J connectivity index is 1.32. The minimum atomic E-state index is -0.105. The molecular formula is C27H27N3OS. The number of amides is 1. The van der Waals surface area contributed by atoms with Crippen LogP contribution >= 0.6 is 11.3 Å². The molecule has 0 atom stereocenters. The van der Waals surface area contributed by atoms with Crippen molar-refractivity contribution < 1.29 is 4.79 Å². The highest BCUT2D eigenvalue weighted by Gasteiger charge is 2.14. The van der Waals surface area contributed by atoms with Crippen molar-refractivity contribution in [1.82, 2.24) is 9.88 Å². The summed E-state index contributed by atoms with van der Waals surface area (Å²) in [5.74, 6) is -0.105. The Morgan fingerprint density at radius 1 is 1.06 bits per heavy atom. The predicted molar refractivity (Wildman–Crippen MR) is 133 cm³/mol. The number of pyridine rings is 1. The fourth-order valence-corrected chi connectivity index (χ4v) is 5.28. The van der Waals surface area contributed by atoms with Crippen LogP contribution in [-0.2, 0) is 6.54 Å². The zero-order valence-corrected chi connectivity index (χ0v) is 19.3. The van der Waals surface area contributed by atoms with Gasteiger partial charge in [-0.05, 0) is 97.7 Å². The number of hydrogen-bond donors (Lipinski definition) is 1. The summed E-state index contributed by atoms with van der Waals surface area (Å²) in [7, 11) is 0. The number of aryl methyl sites for hydroxylation is 2. The van der Waals surface area contributed by atoms with Crippen molar-refractivity contribution >= 4 is 33.8 Å². The number of aromatic nitrogens is 1. The van der Waals surface area contributed by atoms with Crippen molar-refractivity contribution in [3.05, 3.63) is 82.4 Å². The van der Waals surface area contributed by atoms with Gasteiger partial charge in [-0.2, -0.15) is 0 Å². The molecule has 4 aromatic rings. The van der Waals surface area contributed by atoms with Gasteiger partial charge in [0.15, 0.2) is 0 Å². The van der Waals surface area contributed by atoms with Gasteiger partial charge < -0.3 is 5.32 Å². The van der Waals surface area contributed by atoms with Crippen molar-refractivity contribution in [2.75, 3.05) is 18.4 Å². The molecular weight excluding hydrogens is 414 g/mol. The molecule has 1 fully saturated rings. The van der Waals surface area contributed by atoms with Crippen molar-refractivity contribution in [2.24, 2.45) is 0 Å². The van der Waals surface area contributed by atoms with Crippen LogP contribution in [0.1, 0.15) is 39.9 Å². The zero-order valence-electron chi connectivity index (χ0n) is 18.5. The maximum absolute atomic E-state index is 12.9. The molecule has 4 nitrogen and oxygen atoms in total. The molecule has 5 heteroatoms. The topological polar surface area (TPSA) is 45.2 Å². The molecule has 1 aliphatic heterocycles. The van der Waals surface area contributed by atoms with Crippen molar-refractivity contribution in [3.63, 3.8) is 0 Å². The molecule has 5 rings (SSSR count). The average Bonchev–Trinajstić information content (AvgIpc) is 3.47. The molecule has 0 unspecified atom stereocenters. The molecule has 162 valence electrons. The molecule has 32 heavy (non-hydrogen) atoms. The predicted octanol–water partition coefficient (Wildman–Crippen LogP) is 6.43. The van der Waals surface area contributed by atoms with E-state index in [2.05, 4.69) is 40.7 Å². The van der Waals surface area contributed by atoms with Crippen LogP contribution in [0, 0.1) is 13.8 Å². The van der Waals surface area contributed by atoms with Crippen LogP contribution in [-0.4, -0.2) is 28.9 Å². The van der Waals surface area contributed by atoms with Gasteiger partial charge in [-0.1, -0.05) is 18.2 Å². The second kappa shape index (κ2) is 8.85. The molecule has 1 amide bonds. The Hall–Kier alpha value is -3.02. The van der Waals surface area contributed by atoms with Gasteiger partial charge in [0.2, 0.25) is 0 Å². The molecule has 3 heterocycles. The van der Waals surface area contributed by atoms with Crippen molar-refractivity contribution in [3.8, 4) is 10.4 Å². The summed E-state index contributed by atoms with van der Waals surface area (Å²) in [6.45, 7) is 7.43. The second-order valence-corrected chi connectivity index (χ2v) is 9.57. The Bertz CT molecular complexity index is 1270. The van der Waals surface area contributed by atoms with Crippen LogP contribution in [0.5, 0.6) is 0 Å². The first kappa shape index (κ1) is 20.9. The van der Waals surface area contributed by atoms with Crippen LogP contribution in [0.3, 0.4) is 0 Å². The zero-order chi connectivity index (χ0) is 22.1. The van der Waals surface area contributed by atoms with Crippen LogP contribution in [0.4, 0.5) is 5.69 Å². The lowest BCUT2D eigenvalue weighted by Crippen LogP contribution is -2.18. The fourth-order valence-electron chi connectivity index (χ4n) is 4.38. The summed E-state index contributed by atoms with van der Waals surface area (Å²) in [6.07, 6.45) is 4.56. The van der Waals surface area contributed by atoms with Crippen LogP contribution in [0.25, 0.3) is 21.3 Å². The Morgan fingerprint density at radius 2 is 1.84 bits per heavy atom. The number of rotatable bonds is 5. The number of nitrogens with zero attached hydrogens (tertiary/aromatic N) is 2. The Kier molecular flexibility index (Phi) is 5.77. The minimum absolute atomic E-state index is 0.105. The van der Waals surface area contributed by atoms with Gasteiger partial charge in [0.1, 0.15) is 0 Å². The summed E-state index contributed by atoms with van der Waals surface area (Å²) in [6, 6.07) is 16.2. The molecule has 1 aliphatic rings. The Morgan fingerprint density at radius 3 is 2.56 bits per heavy atom. The monoisotopic (exact) mass is 441 g/mol. The number of carbonyl (C=O) groups excluding carboxylic acids is 1. The quantitative estimate of drug-likeness (QED) is 0.388. The first-order valence-corrected chi connectivity index (χ1v) is 12.0. The largest absolute Gasteiger partial charge is 0.322 e. The third kappa shape index (κ3) is 4.31. The molecule has 2 aromatic carbocycles. The maximum atomic E-state index is 12.9. The standard InChI is InChI=1S/C27H27N3OS/c1-18-13-25(32-17-18)21-5-7-22(8-6-21)27(31)29-24-10-9-23-14-20(15-28-26(23)19(24)2)16-30-11-3-4-12-30/h5-10,13-15,17H,3-4,11-12,16H2,1-2H3,(H,29,31). The summed E-state index contributed by atoms with van der Waals surface area (Å²) < 4.78 is 0. The number of carbonyl (C=O) groups is 1. The third-order valence-corrected chi connectivity index (χ3v) is 7.27. The lowest BCUT2D eigenvalue weighted by atomic mass is 10.1. The number of benzene rings is 2. The van der Waals surface area contributed by atoms with Crippen LogP contribution < -0.4 is 5.32 Å². The van der Waals surface area contributed by atoms with E-state index in [0.717, 1.165) is 34.3 Å². The molecule has 1 N–H and O–H groups in total. The SMILES string of the molecule is Cc1csc(-c2ccc(C(=O)Nc3ccc4cc(CN5CCCC5)cnc4c3C)cc2)c1. The number of thiophene rings is 1. The van der Waals surface area contributed by atoms with Gasteiger partial charge in [-0.3, -0.25) is 14.7 Å². The smallest absolute Gasteiger partial charge is 0.255 e. The highest BCUT2D eigenvalue weighted by Crippen LogP contribution is 2.28. The van der Waals surface area contributed by atoms with Gasteiger partial charge in [0.05, 0.1) is 5.52 Å². The average molecular weight is 442 g/mol. The van der Waals surface area contributed by atoms with Gasteiger partial charge in [-0.25, -0.2) is 0 Å². The first-order valence-electron chi connectivity index (χ1n) is 11.1. The number of likely N-dealkylation sites (tertiary alicyclic amines) is 1. The first-order chi connectivity index (χ1) is 15.6. The van der Waals surface area contributed by atoms with E-state index in [-0.39, 0.29) is 5.91 Å². The number of hydrogen-bond acceptors (Lipinski definition) is 4. The van der Waals surface area contributed by atoms with Gasteiger partial charge in [0, 0.05) is 34.3 Å². The van der Waals surface area contributed by atoms with Gasteiger partial charge >= 0.3 is 0 Å². The lowest BCUT2D eigenvalue weighted by Gasteiger charge is -2.15. The number of fused-ring (bicyclic) bond motifs is 1. The van der Waals surface area contributed by atoms with E-state index in [1.165, 1.54) is 41.9 Å². The molecule has 0 spiro atoms. The highest BCUT2D eigenvalue weighted by atomic mass is 32.1. The molecule has 0 radical (unpaired) electrons. The van der Waals surface area contributed by atoms with E-state index in [0.29, 0.717) is 5.56 Å². The number of nitrogens with one attached hydrogen (secondary N) is 1. The summed E-state index contributed by atoms with van der Waals surface area (Å²) in [5, 5.41) is 6.33. The van der Waals surface area contributed by atoms with E-state index in [9.17, 15) is 4.79 Å². The van der Waals surface area contributed by atoms with Crippen molar-refractivity contribution in [2.45, 2.75) is 33.2 Å². The molecule has 0 aliphatic carbocycles. The molecule has 0 saturated carbocycles. The van der Waals surface area contributed by atoms with Crippen LogP contribution in [0.15, 0.2) is 60.1 Å². The van der Waals surface area contributed by atoms with Crippen molar-refractivity contribution in [1.29, 1.82) is 0 Å². The lowest BCUT2D eigenvalue weighted by molar-refractivity contribution is 0.102. The van der Waals surface area contributed by atoms with Gasteiger partial charge in [0.25, 0.3) is 5.91 Å². The second-order valence-electron chi connectivity index (χ2n) is 8.66. The van der Waals surface area contributed by atoms with Crippen LogP contribution in [0.2, 0.25) is 0 Å². The van der Waals surface area contributed by atoms with E-state index < -0.39 is 0 Å². The minimum Gasteiger partial charge on any atom is -0.322 e. The number of anilines is 1. The summed E-state index contributed by atoms with van der Waals surface area (Å²) in [4.78, 5) is 21.3. The van der Waals surface area contributed by atoms with E-state index in [1.807, 2.05) is 43.5 Å². The Labute approximate surface area is 192 Å². The maximum Gasteiger partial charge on any atom is 0.255 e. The molecule has 0 bridgehead atoms. The summed E-state index contributed by atoms with van der Waals surface area (Å²) in [5.41, 5.74) is 7.03. The fraction of sp³-hybridized carbons (Fsp3) is 0.259. The third-order valence-electron chi connectivity index (χ3n) is 6.18. The molecule has 2 aromatic heterocycles. The van der Waals surface area contributed by atoms with E-state index in [1.54, 1.807) is 11.3 Å². The normalized spacial score (nSPS) is 14.2.